The maximum absolute atomic E-state index is 10.6. The van der Waals surface area contributed by atoms with Crippen molar-refractivity contribution in [3.63, 3.8) is 0 Å². The SMILES string of the molecule is O=[N+]([O-])c1ccc(Cl)c(Nc2ccncn2)c1. The Kier molecular flexibility index (Phi) is 3.15. The molecule has 7 heteroatoms. The molecule has 2 aromatic rings. The van der Waals surface area contributed by atoms with Crippen molar-refractivity contribution < 1.29 is 4.92 Å². The number of hydrogen-bond donors (Lipinski definition) is 1. The van der Waals surface area contributed by atoms with E-state index >= 15 is 0 Å². The van der Waals surface area contributed by atoms with Crippen LogP contribution in [0.25, 0.3) is 0 Å². The van der Waals surface area contributed by atoms with Crippen LogP contribution in [0.4, 0.5) is 17.2 Å². The molecule has 0 bridgehead atoms. The molecule has 6 nitrogen and oxygen atoms in total. The fourth-order valence-corrected chi connectivity index (χ4v) is 1.39. The first-order chi connectivity index (χ1) is 8.16. The lowest BCUT2D eigenvalue weighted by molar-refractivity contribution is -0.384. The quantitative estimate of drug-likeness (QED) is 0.669. The van der Waals surface area contributed by atoms with Gasteiger partial charge < -0.3 is 5.32 Å². The van der Waals surface area contributed by atoms with Gasteiger partial charge in [-0.3, -0.25) is 10.1 Å². The molecular weight excluding hydrogens is 244 g/mol. The van der Waals surface area contributed by atoms with Gasteiger partial charge in [-0.2, -0.15) is 0 Å². The van der Waals surface area contributed by atoms with Crippen LogP contribution in [0, 0.1) is 10.1 Å². The third-order valence-electron chi connectivity index (χ3n) is 2.01. The maximum Gasteiger partial charge on any atom is 0.271 e. The normalized spacial score (nSPS) is 9.94. The molecule has 1 heterocycles. The van der Waals surface area contributed by atoms with E-state index < -0.39 is 4.92 Å². The second-order valence-electron chi connectivity index (χ2n) is 3.14. The molecule has 0 spiro atoms. The van der Waals surface area contributed by atoms with Gasteiger partial charge in [0.1, 0.15) is 12.1 Å². The van der Waals surface area contributed by atoms with Crippen LogP contribution in [0.2, 0.25) is 5.02 Å². The summed E-state index contributed by atoms with van der Waals surface area (Å²) in [5, 5.41) is 13.9. The molecule has 1 N–H and O–H groups in total. The first kappa shape index (κ1) is 11.3. The van der Waals surface area contributed by atoms with Crippen molar-refractivity contribution in [2.45, 2.75) is 0 Å². The Hall–Kier alpha value is -2.21. The van der Waals surface area contributed by atoms with Gasteiger partial charge in [-0.25, -0.2) is 9.97 Å². The molecule has 1 aromatic heterocycles. The van der Waals surface area contributed by atoms with Gasteiger partial charge in [0.05, 0.1) is 15.6 Å². The predicted molar refractivity (Wildman–Crippen MR) is 63.4 cm³/mol. The number of non-ortho nitro benzene ring substituents is 1. The summed E-state index contributed by atoms with van der Waals surface area (Å²) in [5.74, 6) is 0.516. The summed E-state index contributed by atoms with van der Waals surface area (Å²) < 4.78 is 0. The number of rotatable bonds is 3. The molecule has 0 atom stereocenters. The number of nitro benzene ring substituents is 1. The van der Waals surface area contributed by atoms with Crippen molar-refractivity contribution in [1.29, 1.82) is 0 Å². The molecule has 0 saturated carbocycles. The van der Waals surface area contributed by atoms with Gasteiger partial charge >= 0.3 is 0 Å². The van der Waals surface area contributed by atoms with E-state index in [1.807, 2.05) is 0 Å². The van der Waals surface area contributed by atoms with Crippen LogP contribution in [0.15, 0.2) is 36.8 Å². The predicted octanol–water partition coefficient (Wildman–Crippen LogP) is 2.78. The molecule has 2 rings (SSSR count). The highest BCUT2D eigenvalue weighted by atomic mass is 35.5. The summed E-state index contributed by atoms with van der Waals surface area (Å²) in [4.78, 5) is 17.8. The fraction of sp³-hybridized carbons (Fsp3) is 0. The number of nitrogens with one attached hydrogen (secondary N) is 1. The van der Waals surface area contributed by atoms with Gasteiger partial charge in [0, 0.05) is 18.3 Å². The Morgan fingerprint density at radius 1 is 1.35 bits per heavy atom. The number of nitro groups is 1. The van der Waals surface area contributed by atoms with E-state index in [2.05, 4.69) is 15.3 Å². The maximum atomic E-state index is 10.6. The zero-order chi connectivity index (χ0) is 12.3. The Morgan fingerprint density at radius 3 is 2.82 bits per heavy atom. The molecule has 0 saturated heterocycles. The molecule has 0 radical (unpaired) electrons. The van der Waals surface area contributed by atoms with Crippen molar-refractivity contribution in [2.75, 3.05) is 5.32 Å². The van der Waals surface area contributed by atoms with Gasteiger partial charge in [0.2, 0.25) is 0 Å². The lowest BCUT2D eigenvalue weighted by Gasteiger charge is -2.06. The molecule has 0 aliphatic carbocycles. The third-order valence-corrected chi connectivity index (χ3v) is 2.34. The topological polar surface area (TPSA) is 81.0 Å². The van der Waals surface area contributed by atoms with E-state index in [0.717, 1.165) is 0 Å². The van der Waals surface area contributed by atoms with Crippen LogP contribution in [0.5, 0.6) is 0 Å². The molecular formula is C10H7ClN4O2. The first-order valence-electron chi connectivity index (χ1n) is 4.64. The minimum Gasteiger partial charge on any atom is -0.339 e. The number of halogens is 1. The average Bonchev–Trinajstić information content (AvgIpc) is 2.33. The van der Waals surface area contributed by atoms with Crippen molar-refractivity contribution in [3.8, 4) is 0 Å². The molecule has 1 aromatic carbocycles. The standard InChI is InChI=1S/C10H7ClN4O2/c11-8-2-1-7(15(16)17)5-9(8)14-10-3-4-12-6-13-10/h1-6H,(H,12,13,14). The van der Waals surface area contributed by atoms with Crippen molar-refractivity contribution >= 4 is 28.8 Å². The van der Waals surface area contributed by atoms with Crippen molar-refractivity contribution in [2.24, 2.45) is 0 Å². The molecule has 0 unspecified atom stereocenters. The lowest BCUT2D eigenvalue weighted by Crippen LogP contribution is -1.96. The van der Waals surface area contributed by atoms with Gasteiger partial charge in [0.15, 0.2) is 0 Å². The highest BCUT2D eigenvalue weighted by molar-refractivity contribution is 6.33. The highest BCUT2D eigenvalue weighted by Gasteiger charge is 2.09. The van der Waals surface area contributed by atoms with Gasteiger partial charge in [0.25, 0.3) is 5.69 Å². The molecule has 0 fully saturated rings. The third kappa shape index (κ3) is 2.67. The van der Waals surface area contributed by atoms with E-state index in [0.29, 0.717) is 16.5 Å². The van der Waals surface area contributed by atoms with E-state index in [4.69, 9.17) is 11.6 Å². The number of nitrogens with zero attached hydrogens (tertiary/aromatic N) is 3. The summed E-state index contributed by atoms with van der Waals surface area (Å²) in [6, 6.07) is 5.79. The van der Waals surface area contributed by atoms with Crippen LogP contribution in [0.3, 0.4) is 0 Å². The second kappa shape index (κ2) is 4.75. The van der Waals surface area contributed by atoms with Crippen LogP contribution < -0.4 is 5.32 Å². The van der Waals surface area contributed by atoms with Gasteiger partial charge in [-0.1, -0.05) is 11.6 Å². The monoisotopic (exact) mass is 250 g/mol. The zero-order valence-corrected chi connectivity index (χ0v) is 9.26. The molecule has 0 amide bonds. The second-order valence-corrected chi connectivity index (χ2v) is 3.55. The van der Waals surface area contributed by atoms with Crippen LogP contribution in [0.1, 0.15) is 0 Å². The van der Waals surface area contributed by atoms with E-state index in [-0.39, 0.29) is 5.69 Å². The minimum absolute atomic E-state index is 0.0362. The summed E-state index contributed by atoms with van der Waals surface area (Å²) in [5.41, 5.74) is 0.394. The molecule has 17 heavy (non-hydrogen) atoms. The summed E-state index contributed by atoms with van der Waals surface area (Å²) in [6.07, 6.45) is 2.92. The highest BCUT2D eigenvalue weighted by Crippen LogP contribution is 2.28. The number of anilines is 2. The van der Waals surface area contributed by atoms with Crippen LogP contribution in [-0.2, 0) is 0 Å². The van der Waals surface area contributed by atoms with E-state index in [1.165, 1.54) is 24.5 Å². The Morgan fingerprint density at radius 2 is 2.18 bits per heavy atom. The van der Waals surface area contributed by atoms with E-state index in [1.54, 1.807) is 12.3 Å². The molecule has 0 aliphatic heterocycles. The summed E-state index contributed by atoms with van der Waals surface area (Å²) in [7, 11) is 0. The number of aromatic nitrogens is 2. The van der Waals surface area contributed by atoms with Crippen LogP contribution >= 0.6 is 11.6 Å². The smallest absolute Gasteiger partial charge is 0.271 e. The van der Waals surface area contributed by atoms with E-state index in [9.17, 15) is 10.1 Å². The fourth-order valence-electron chi connectivity index (χ4n) is 1.23. The largest absolute Gasteiger partial charge is 0.339 e. The van der Waals surface area contributed by atoms with Crippen molar-refractivity contribution in [3.05, 3.63) is 51.9 Å². The Bertz CT molecular complexity index is 547. The summed E-state index contributed by atoms with van der Waals surface area (Å²) in [6.45, 7) is 0. The summed E-state index contributed by atoms with van der Waals surface area (Å²) >= 11 is 5.92. The van der Waals surface area contributed by atoms with Crippen molar-refractivity contribution in [1.82, 2.24) is 9.97 Å². The zero-order valence-electron chi connectivity index (χ0n) is 8.50. The first-order valence-corrected chi connectivity index (χ1v) is 5.01. The average molecular weight is 251 g/mol. The minimum atomic E-state index is -0.485. The van der Waals surface area contributed by atoms with Gasteiger partial charge in [-0.05, 0) is 12.1 Å². The van der Waals surface area contributed by atoms with Gasteiger partial charge in [-0.15, -0.1) is 0 Å². The number of benzene rings is 1. The Balaban J connectivity index is 2.32. The van der Waals surface area contributed by atoms with Crippen LogP contribution in [-0.4, -0.2) is 14.9 Å². The Labute approximate surface area is 101 Å². The molecule has 0 aliphatic rings. The molecule has 86 valence electrons. The lowest BCUT2D eigenvalue weighted by atomic mass is 10.3. The number of hydrogen-bond acceptors (Lipinski definition) is 5.